The van der Waals surface area contributed by atoms with E-state index in [0.717, 1.165) is 117 Å². The van der Waals surface area contributed by atoms with Crippen LogP contribution in [0.2, 0.25) is 0 Å². The summed E-state index contributed by atoms with van der Waals surface area (Å²) in [7, 11) is 0. The molecule has 22 unspecified atom stereocenters. The largest absolute Gasteiger partial charge is 0.393 e. The zero-order valence-electron chi connectivity index (χ0n) is 65.4. The van der Waals surface area contributed by atoms with Gasteiger partial charge in [-0.05, 0) is 258 Å². The molecule has 22 atom stereocenters. The normalized spacial score (nSPS) is 39.4. The molecule has 91 heavy (non-hydrogen) atoms. The molecule has 546 valence electrons. The fourth-order valence-corrected chi connectivity index (χ4v) is 18.6. The second-order valence-corrected chi connectivity index (χ2v) is 36.4. The molecule has 0 aromatic carbocycles. The number of aliphatic hydroxyl groups is 8. The maximum absolute atomic E-state index is 9.94. The van der Waals surface area contributed by atoms with E-state index in [2.05, 4.69) is 166 Å². The van der Waals surface area contributed by atoms with Crippen molar-refractivity contribution in [2.24, 2.45) is 110 Å². The second-order valence-electron chi connectivity index (χ2n) is 36.4. The van der Waals surface area contributed by atoms with Crippen molar-refractivity contribution in [1.82, 2.24) is 0 Å². The van der Waals surface area contributed by atoms with Crippen LogP contribution in [0, 0.1) is 110 Å². The molecule has 8 aliphatic rings. The average molecular weight is 1290 g/mol. The van der Waals surface area contributed by atoms with Gasteiger partial charge in [0.1, 0.15) is 0 Å². The quantitative estimate of drug-likeness (QED) is 0.101. The van der Waals surface area contributed by atoms with Gasteiger partial charge in [-0.2, -0.15) is 0 Å². The SMILES string of the molecule is CCC1CC(O)CC(C)(C)C1.CCC1CC(O)CCC1(C)C.CCC1CCC(C)(C)C(O)C1.CCC1CCC(O)C(C)(C)C1.CCC1CCC(O)CC1(C)C.CCCC1C(C)CC(C)CC1O.CCCC1C(C)CCC(C)C1O.CCCC1C(O)CCC(C)C1C. The van der Waals surface area contributed by atoms with Gasteiger partial charge in [-0.3, -0.25) is 0 Å². The Balaban J connectivity index is 0.000000520. The molecule has 0 radical (unpaired) electrons. The monoisotopic (exact) mass is 1290 g/mol. The molecule has 0 amide bonds. The molecule has 0 heterocycles. The number of aliphatic hydroxyl groups excluding tert-OH is 8. The summed E-state index contributed by atoms with van der Waals surface area (Å²) < 4.78 is 0. The first-order chi connectivity index (χ1) is 42.2. The van der Waals surface area contributed by atoms with E-state index in [4.69, 9.17) is 0 Å². The molecule has 8 saturated carbocycles. The van der Waals surface area contributed by atoms with Gasteiger partial charge < -0.3 is 40.9 Å². The van der Waals surface area contributed by atoms with Gasteiger partial charge in [-0.25, -0.2) is 0 Å². The Labute approximate surface area is 568 Å². The Bertz CT molecular complexity index is 1770. The predicted molar refractivity (Wildman–Crippen MR) is 393 cm³/mol. The van der Waals surface area contributed by atoms with Gasteiger partial charge in [-0.1, -0.05) is 224 Å². The molecule has 0 saturated heterocycles. The standard InChI is InChI=1S/3C11H22O.5C10H20O/c1-4-5-10-9(3)6-8(2)7-11(10)12;1-4-5-10-9(3)8(2)6-7-11(10)12;1-4-5-10-8(2)6-7-9(3)11(10)12;1-4-8-5-9(11)7-10(2,3)6-8;1-4-8-7-9(11)5-6-10(8,2)3;1-4-8-5-6-9(11)7-10(8,2)3;1-4-8-5-6-10(2,3)9(11)7-8;1-4-8-5-6-9(11)10(2,3)7-8/h3*8-12H,4-7H2,1-3H3;5*8-9,11H,4-7H2,1-3H3. The van der Waals surface area contributed by atoms with E-state index >= 15 is 0 Å². The van der Waals surface area contributed by atoms with Crippen molar-refractivity contribution in [2.75, 3.05) is 0 Å². The molecular weight excluding hydrogens is 1120 g/mol. The third kappa shape index (κ3) is 32.0. The highest BCUT2D eigenvalue weighted by Gasteiger charge is 2.40. The summed E-state index contributed by atoms with van der Waals surface area (Å²) in [6.45, 7) is 53.9. The Morgan fingerprint density at radius 1 is 0.319 bits per heavy atom. The first-order valence-electron chi connectivity index (χ1n) is 39.7. The number of hydrogen-bond acceptors (Lipinski definition) is 8. The predicted octanol–water partition coefficient (Wildman–Crippen LogP) is 21.4. The van der Waals surface area contributed by atoms with Crippen molar-refractivity contribution in [3.8, 4) is 0 Å². The highest BCUT2D eigenvalue weighted by molar-refractivity contribution is 4.90. The molecule has 0 bridgehead atoms. The van der Waals surface area contributed by atoms with Crippen LogP contribution in [0.1, 0.15) is 372 Å². The highest BCUT2D eigenvalue weighted by Crippen LogP contribution is 2.46. The molecule has 0 spiro atoms. The molecule has 0 aromatic rings. The lowest BCUT2D eigenvalue weighted by Crippen LogP contribution is -2.36. The lowest BCUT2D eigenvalue weighted by molar-refractivity contribution is -0.00873. The summed E-state index contributed by atoms with van der Waals surface area (Å²) in [6.07, 6.45) is 36.9. The van der Waals surface area contributed by atoms with Crippen molar-refractivity contribution >= 4 is 0 Å². The molecule has 0 aliphatic heterocycles. The smallest absolute Gasteiger partial charge is 0.0596 e. The molecule has 8 aliphatic carbocycles. The van der Waals surface area contributed by atoms with Crippen LogP contribution in [0.25, 0.3) is 0 Å². The van der Waals surface area contributed by atoms with Crippen molar-refractivity contribution in [1.29, 1.82) is 0 Å². The van der Waals surface area contributed by atoms with Gasteiger partial charge in [-0.15, -0.1) is 0 Å². The van der Waals surface area contributed by atoms with E-state index in [-0.39, 0.29) is 59.7 Å². The first kappa shape index (κ1) is 88.7. The summed E-state index contributed by atoms with van der Waals surface area (Å²) in [6, 6.07) is 0. The Kier molecular flexibility index (Phi) is 42.2. The number of hydrogen-bond donors (Lipinski definition) is 8. The van der Waals surface area contributed by atoms with E-state index in [9.17, 15) is 40.9 Å². The van der Waals surface area contributed by atoms with Gasteiger partial charge >= 0.3 is 0 Å². The van der Waals surface area contributed by atoms with Gasteiger partial charge in [0.25, 0.3) is 0 Å². The van der Waals surface area contributed by atoms with Crippen molar-refractivity contribution in [3.05, 3.63) is 0 Å². The van der Waals surface area contributed by atoms with Crippen LogP contribution < -0.4 is 0 Å². The molecule has 0 aromatic heterocycles. The van der Waals surface area contributed by atoms with E-state index in [1.165, 1.54) is 141 Å². The fraction of sp³-hybridized carbons (Fsp3) is 1.00. The van der Waals surface area contributed by atoms with Crippen LogP contribution in [0.5, 0.6) is 0 Å². The second kappa shape index (κ2) is 43.3. The van der Waals surface area contributed by atoms with Crippen LogP contribution in [-0.4, -0.2) is 89.7 Å². The Hall–Kier alpha value is -0.320. The summed E-state index contributed by atoms with van der Waals surface area (Å²) in [5, 5.41) is 77.4. The Morgan fingerprint density at radius 2 is 0.857 bits per heavy atom. The average Bonchev–Trinajstić information content (AvgIpc) is 3.65. The molecule has 8 nitrogen and oxygen atoms in total. The van der Waals surface area contributed by atoms with Crippen LogP contribution in [0.15, 0.2) is 0 Å². The third-order valence-corrected chi connectivity index (χ3v) is 26.0. The van der Waals surface area contributed by atoms with E-state index in [1.54, 1.807) is 0 Å². The Morgan fingerprint density at radius 3 is 1.35 bits per heavy atom. The minimum atomic E-state index is -0.0683. The first-order valence-corrected chi connectivity index (χ1v) is 39.7. The number of rotatable bonds is 11. The van der Waals surface area contributed by atoms with Crippen molar-refractivity contribution in [2.45, 2.75) is 420 Å². The summed E-state index contributed by atoms with van der Waals surface area (Å²) in [5.74, 6) is 9.89. The summed E-state index contributed by atoms with van der Waals surface area (Å²) in [4.78, 5) is 0. The van der Waals surface area contributed by atoms with Crippen molar-refractivity contribution < 1.29 is 40.9 Å². The maximum atomic E-state index is 9.94. The van der Waals surface area contributed by atoms with E-state index in [0.29, 0.717) is 45.8 Å². The lowest BCUT2D eigenvalue weighted by atomic mass is 9.67. The van der Waals surface area contributed by atoms with Gasteiger partial charge in [0, 0.05) is 0 Å². The minimum absolute atomic E-state index is 0.0175. The molecule has 8 N–H and O–H groups in total. The molecule has 8 rings (SSSR count). The topological polar surface area (TPSA) is 162 Å². The molecular formula is C83H166O8. The van der Waals surface area contributed by atoms with Gasteiger partial charge in [0.15, 0.2) is 0 Å². The maximum Gasteiger partial charge on any atom is 0.0596 e. The van der Waals surface area contributed by atoms with E-state index < -0.39 is 0 Å². The highest BCUT2D eigenvalue weighted by atomic mass is 16.3. The van der Waals surface area contributed by atoms with Crippen molar-refractivity contribution in [3.63, 3.8) is 0 Å². The zero-order chi connectivity index (χ0) is 69.8. The summed E-state index contributed by atoms with van der Waals surface area (Å²) >= 11 is 0. The summed E-state index contributed by atoms with van der Waals surface area (Å²) in [5.41, 5.74) is 1.54. The van der Waals surface area contributed by atoms with Gasteiger partial charge in [0.05, 0.1) is 48.8 Å². The molecule has 8 heteroatoms. The van der Waals surface area contributed by atoms with Gasteiger partial charge in [0.2, 0.25) is 0 Å². The van der Waals surface area contributed by atoms with Crippen LogP contribution in [-0.2, 0) is 0 Å². The van der Waals surface area contributed by atoms with Crippen LogP contribution in [0.4, 0.5) is 0 Å². The minimum Gasteiger partial charge on any atom is -0.393 e. The lowest BCUT2D eigenvalue weighted by Gasteiger charge is -2.40. The van der Waals surface area contributed by atoms with Crippen LogP contribution >= 0.6 is 0 Å². The van der Waals surface area contributed by atoms with E-state index in [1.807, 2.05) is 0 Å². The van der Waals surface area contributed by atoms with Crippen LogP contribution in [0.3, 0.4) is 0 Å². The fourth-order valence-electron chi connectivity index (χ4n) is 18.6. The zero-order valence-corrected chi connectivity index (χ0v) is 65.4. The third-order valence-electron chi connectivity index (χ3n) is 26.0. The molecule has 8 fully saturated rings.